The molecule has 0 aromatic heterocycles. The van der Waals surface area contributed by atoms with E-state index in [4.69, 9.17) is 0 Å². The minimum atomic E-state index is 0.367. The lowest BCUT2D eigenvalue weighted by Gasteiger charge is -2.28. The first-order chi connectivity index (χ1) is 5.97. The number of aliphatic imine (C=N–C) groups is 1. The van der Waals surface area contributed by atoms with Crippen LogP contribution in [0.5, 0.6) is 0 Å². The number of hydrogen-bond acceptors (Lipinski definition) is 6. The van der Waals surface area contributed by atoms with E-state index in [2.05, 4.69) is 20.8 Å². The smallest absolute Gasteiger partial charge is 0.115 e. The van der Waals surface area contributed by atoms with Crippen molar-refractivity contribution in [2.24, 2.45) is 10.1 Å². The predicted octanol–water partition coefficient (Wildman–Crippen LogP) is 0.283. The molecule has 2 atom stereocenters. The van der Waals surface area contributed by atoms with Gasteiger partial charge in [0.15, 0.2) is 0 Å². The summed E-state index contributed by atoms with van der Waals surface area (Å²) in [4.78, 5) is 4.07. The second-order valence-corrected chi connectivity index (χ2v) is 4.57. The van der Waals surface area contributed by atoms with E-state index < -0.39 is 0 Å². The van der Waals surface area contributed by atoms with Crippen molar-refractivity contribution >= 4 is 35.3 Å². The van der Waals surface area contributed by atoms with Crippen LogP contribution in [0.3, 0.4) is 0 Å². The molecule has 2 unspecified atom stereocenters. The van der Waals surface area contributed by atoms with E-state index in [1.807, 2.05) is 23.5 Å². The molecule has 12 heavy (non-hydrogen) atoms. The zero-order chi connectivity index (χ0) is 8.23. The Hall–Kier alpha value is -0.200. The molecule has 0 amide bonds. The van der Waals surface area contributed by atoms with E-state index in [9.17, 15) is 0 Å². The molecule has 2 aliphatic heterocycles. The van der Waals surface area contributed by atoms with Crippen molar-refractivity contribution < 1.29 is 0 Å². The fourth-order valence-electron chi connectivity index (χ4n) is 1.02. The van der Waals surface area contributed by atoms with E-state index >= 15 is 0 Å². The molecule has 4 nitrogen and oxygen atoms in total. The van der Waals surface area contributed by atoms with Crippen LogP contribution < -0.4 is 10.7 Å². The summed E-state index contributed by atoms with van der Waals surface area (Å²) in [6, 6.07) is 0. The topological polar surface area (TPSA) is 48.8 Å². The van der Waals surface area contributed by atoms with Crippen LogP contribution in [-0.4, -0.2) is 34.9 Å². The maximum absolute atomic E-state index is 4.07. The quantitative estimate of drug-likeness (QED) is 0.641. The van der Waals surface area contributed by atoms with Gasteiger partial charge in [-0.2, -0.15) is 5.10 Å². The van der Waals surface area contributed by atoms with Gasteiger partial charge in [-0.05, 0) is 0 Å². The molecule has 66 valence electrons. The lowest BCUT2D eigenvalue weighted by molar-refractivity contribution is 0.570. The first-order valence-corrected chi connectivity index (χ1v) is 5.72. The average Bonchev–Trinajstić information content (AvgIpc) is 2.21. The normalized spacial score (nSPS) is 34.7. The number of nitrogens with one attached hydrogen (secondary N) is 2. The number of hydrogen-bond donors (Lipinski definition) is 2. The molecule has 2 N–H and O–H groups in total. The summed E-state index contributed by atoms with van der Waals surface area (Å²) in [6.45, 7) is 0.722. The summed E-state index contributed by atoms with van der Waals surface area (Å²) in [5, 5.41) is 8.10. The molecule has 2 rings (SSSR count). The molecule has 6 heteroatoms. The first kappa shape index (κ1) is 8.40. The molecule has 2 heterocycles. The highest BCUT2D eigenvalue weighted by molar-refractivity contribution is 8.13. The van der Waals surface area contributed by atoms with Crippen LogP contribution in [0.2, 0.25) is 0 Å². The highest BCUT2D eigenvalue weighted by atomic mass is 32.2. The molecule has 0 fully saturated rings. The third kappa shape index (κ3) is 1.94. The van der Waals surface area contributed by atoms with Gasteiger partial charge in [-0.3, -0.25) is 15.7 Å². The van der Waals surface area contributed by atoms with Crippen molar-refractivity contribution in [1.82, 2.24) is 10.7 Å². The van der Waals surface area contributed by atoms with Crippen molar-refractivity contribution in [2.45, 2.75) is 10.7 Å². The van der Waals surface area contributed by atoms with Crippen LogP contribution in [0.15, 0.2) is 10.1 Å². The monoisotopic (exact) mass is 202 g/mol. The van der Waals surface area contributed by atoms with Gasteiger partial charge in [-0.1, -0.05) is 11.8 Å². The van der Waals surface area contributed by atoms with Crippen molar-refractivity contribution in [1.29, 1.82) is 0 Å². The lowest BCUT2D eigenvalue weighted by Crippen LogP contribution is -2.45. The molecule has 0 spiro atoms. The van der Waals surface area contributed by atoms with Crippen LogP contribution in [-0.2, 0) is 0 Å². The summed E-state index contributed by atoms with van der Waals surface area (Å²) in [7, 11) is 0. The van der Waals surface area contributed by atoms with Crippen molar-refractivity contribution in [2.75, 3.05) is 12.4 Å². The Bertz CT molecular complexity index is 184. The van der Waals surface area contributed by atoms with Gasteiger partial charge < -0.3 is 0 Å². The second kappa shape index (κ2) is 4.15. The van der Waals surface area contributed by atoms with E-state index in [0.29, 0.717) is 10.7 Å². The Morgan fingerprint density at radius 1 is 1.42 bits per heavy atom. The molecular formula is C6H10N4S2. The van der Waals surface area contributed by atoms with Crippen molar-refractivity contribution in [3.8, 4) is 0 Å². The largest absolute Gasteiger partial charge is 0.295 e. The average molecular weight is 202 g/mol. The number of hydrazone groups is 1. The van der Waals surface area contributed by atoms with Crippen molar-refractivity contribution in [3.05, 3.63) is 0 Å². The summed E-state index contributed by atoms with van der Waals surface area (Å²) in [6.07, 6.45) is 1.89. The Morgan fingerprint density at radius 2 is 2.42 bits per heavy atom. The van der Waals surface area contributed by atoms with Gasteiger partial charge in [-0.15, -0.1) is 11.8 Å². The van der Waals surface area contributed by atoms with Crippen LogP contribution in [0.1, 0.15) is 0 Å². The maximum atomic E-state index is 4.07. The highest BCUT2D eigenvalue weighted by Gasteiger charge is 2.23. The third-order valence-electron chi connectivity index (χ3n) is 1.58. The van der Waals surface area contributed by atoms with Gasteiger partial charge in [0.2, 0.25) is 0 Å². The van der Waals surface area contributed by atoms with Gasteiger partial charge in [0.1, 0.15) is 5.37 Å². The van der Waals surface area contributed by atoms with E-state index in [1.54, 1.807) is 11.8 Å². The molecular weight excluding hydrogens is 192 g/mol. The minimum Gasteiger partial charge on any atom is -0.295 e. The Balaban J connectivity index is 1.90. The number of thioether (sulfide) groups is 2. The van der Waals surface area contributed by atoms with Gasteiger partial charge >= 0.3 is 0 Å². The number of nitrogens with zero attached hydrogens (tertiary/aromatic N) is 2. The van der Waals surface area contributed by atoms with Crippen molar-refractivity contribution in [3.63, 3.8) is 0 Å². The van der Waals surface area contributed by atoms with Gasteiger partial charge in [0, 0.05) is 12.0 Å². The molecule has 0 bridgehead atoms. The molecule has 0 aromatic rings. The number of rotatable bonds is 1. The SMILES string of the molecule is C1=NCNC(C2NN=CCS2)S1. The fraction of sp³-hybridized carbons (Fsp3) is 0.667. The van der Waals surface area contributed by atoms with Crippen LogP contribution >= 0.6 is 23.5 Å². The van der Waals surface area contributed by atoms with Crippen LogP contribution in [0.25, 0.3) is 0 Å². The zero-order valence-corrected chi connectivity index (χ0v) is 8.07. The van der Waals surface area contributed by atoms with Gasteiger partial charge in [0.05, 0.1) is 17.6 Å². The molecule has 0 saturated heterocycles. The molecule has 0 saturated carbocycles. The summed E-state index contributed by atoms with van der Waals surface area (Å²) < 4.78 is 0. The Kier molecular flexibility index (Phi) is 2.91. The van der Waals surface area contributed by atoms with E-state index in [1.165, 1.54) is 0 Å². The van der Waals surface area contributed by atoms with E-state index in [-0.39, 0.29) is 0 Å². The molecule has 0 aliphatic carbocycles. The highest BCUT2D eigenvalue weighted by Crippen LogP contribution is 2.22. The predicted molar refractivity (Wildman–Crippen MR) is 55.7 cm³/mol. The van der Waals surface area contributed by atoms with Crippen LogP contribution in [0, 0.1) is 0 Å². The standard InChI is InChI=1S/C6H10N4S2/c1-2-11-6(10-9-1)5-8-3-7-4-12-5/h1,4-6,8,10H,2-3H2. The summed E-state index contributed by atoms with van der Waals surface area (Å²) in [5.41, 5.74) is 4.98. The Labute approximate surface area is 79.7 Å². The van der Waals surface area contributed by atoms with Gasteiger partial charge in [-0.25, -0.2) is 0 Å². The summed E-state index contributed by atoms with van der Waals surface area (Å²) >= 11 is 3.57. The fourth-order valence-corrected chi connectivity index (χ4v) is 2.89. The zero-order valence-electron chi connectivity index (χ0n) is 6.43. The lowest BCUT2D eigenvalue weighted by atomic mass is 10.6. The molecule has 2 aliphatic rings. The van der Waals surface area contributed by atoms with Crippen LogP contribution in [0.4, 0.5) is 0 Å². The maximum Gasteiger partial charge on any atom is 0.115 e. The Morgan fingerprint density at radius 3 is 3.08 bits per heavy atom. The minimum absolute atomic E-state index is 0.367. The summed E-state index contributed by atoms with van der Waals surface area (Å²) in [5.74, 6) is 0.994. The third-order valence-corrected chi connectivity index (χ3v) is 3.84. The molecule has 0 aromatic carbocycles. The van der Waals surface area contributed by atoms with E-state index in [0.717, 1.165) is 12.4 Å². The second-order valence-electron chi connectivity index (χ2n) is 2.40. The first-order valence-electron chi connectivity index (χ1n) is 3.72. The van der Waals surface area contributed by atoms with Gasteiger partial charge in [0.25, 0.3) is 0 Å². The molecule has 0 radical (unpaired) electrons.